The van der Waals surface area contributed by atoms with Gasteiger partial charge >= 0.3 is 0 Å². The van der Waals surface area contributed by atoms with E-state index in [-0.39, 0.29) is 22.9 Å². The highest BCUT2D eigenvalue weighted by atomic mass is 32.2. The summed E-state index contributed by atoms with van der Waals surface area (Å²) in [6.07, 6.45) is 3.52. The molecular weight excluding hydrogens is 388 g/mol. The lowest BCUT2D eigenvalue weighted by Crippen LogP contribution is -2.58. The lowest BCUT2D eigenvalue weighted by atomic mass is 9.70. The smallest absolute Gasteiger partial charge is 0.243 e. The van der Waals surface area contributed by atoms with Gasteiger partial charge < -0.3 is 10.6 Å². The number of benzene rings is 1. The second kappa shape index (κ2) is 7.38. The fourth-order valence-corrected chi connectivity index (χ4v) is 6.57. The first kappa shape index (κ1) is 20.3. The molecule has 7 nitrogen and oxygen atoms in total. The molecule has 29 heavy (non-hydrogen) atoms. The number of nitrogens with two attached hydrogens (primary N) is 1. The number of piperidine rings is 2. The Bertz CT molecular complexity index is 919. The number of likely N-dealkylation sites (tertiary alicyclic amines) is 1. The molecule has 2 N–H and O–H groups in total. The van der Waals surface area contributed by atoms with Crippen LogP contribution in [0, 0.1) is 22.7 Å². The van der Waals surface area contributed by atoms with E-state index in [0.717, 1.165) is 12.8 Å². The minimum atomic E-state index is -3.54. The van der Waals surface area contributed by atoms with Gasteiger partial charge in [-0.25, -0.2) is 8.42 Å². The molecule has 0 radical (unpaired) electrons. The zero-order valence-electron chi connectivity index (χ0n) is 16.7. The summed E-state index contributed by atoms with van der Waals surface area (Å²) in [5.74, 6) is 0.314. The van der Waals surface area contributed by atoms with E-state index in [1.54, 1.807) is 35.2 Å². The van der Waals surface area contributed by atoms with E-state index >= 15 is 0 Å². The Hall–Kier alpha value is -1.95. The minimum Gasteiger partial charge on any atom is -0.322 e. The Morgan fingerprint density at radius 1 is 1.28 bits per heavy atom. The van der Waals surface area contributed by atoms with Gasteiger partial charge in [0.25, 0.3) is 0 Å². The van der Waals surface area contributed by atoms with E-state index in [1.165, 1.54) is 4.31 Å². The number of carbonyl (C=O) groups excluding carboxylic acids is 1. The Balaban J connectivity index is 1.48. The van der Waals surface area contributed by atoms with Crippen molar-refractivity contribution in [3.63, 3.8) is 0 Å². The van der Waals surface area contributed by atoms with E-state index in [1.807, 2.05) is 6.92 Å². The van der Waals surface area contributed by atoms with Crippen LogP contribution >= 0.6 is 0 Å². The molecule has 4 atom stereocenters. The van der Waals surface area contributed by atoms with E-state index in [4.69, 9.17) is 5.73 Å². The van der Waals surface area contributed by atoms with Crippen LogP contribution in [-0.4, -0.2) is 54.7 Å². The van der Waals surface area contributed by atoms with Crippen LogP contribution < -0.4 is 5.73 Å². The lowest BCUT2D eigenvalue weighted by Gasteiger charge is -2.45. The van der Waals surface area contributed by atoms with Crippen molar-refractivity contribution in [1.29, 1.82) is 5.26 Å². The molecule has 2 heterocycles. The first-order valence-corrected chi connectivity index (χ1v) is 11.8. The highest BCUT2D eigenvalue weighted by Gasteiger charge is 2.56. The maximum atomic E-state index is 13.2. The van der Waals surface area contributed by atoms with Crippen molar-refractivity contribution >= 4 is 15.9 Å². The maximum Gasteiger partial charge on any atom is 0.243 e. The molecule has 0 unspecified atom stereocenters. The molecule has 0 spiro atoms. The second-order valence-corrected chi connectivity index (χ2v) is 10.5. The van der Waals surface area contributed by atoms with Crippen molar-refractivity contribution in [2.45, 2.75) is 62.0 Å². The number of nitrogens with zero attached hydrogens (tertiary/aromatic N) is 3. The van der Waals surface area contributed by atoms with Crippen LogP contribution in [0.4, 0.5) is 0 Å². The van der Waals surface area contributed by atoms with Crippen LogP contribution in [0.2, 0.25) is 0 Å². The quantitative estimate of drug-likeness (QED) is 0.786. The molecule has 156 valence electrons. The molecule has 1 aromatic rings. The molecule has 0 bridgehead atoms. The molecule has 1 amide bonds. The van der Waals surface area contributed by atoms with Gasteiger partial charge in [-0.05, 0) is 55.6 Å². The third-order valence-corrected chi connectivity index (χ3v) is 9.15. The summed E-state index contributed by atoms with van der Waals surface area (Å²) >= 11 is 0. The summed E-state index contributed by atoms with van der Waals surface area (Å²) in [6.45, 7) is 2.71. The largest absolute Gasteiger partial charge is 0.322 e. The van der Waals surface area contributed by atoms with Gasteiger partial charge in [-0.1, -0.05) is 25.1 Å². The average Bonchev–Trinajstić information content (AvgIpc) is 3.43. The fraction of sp³-hybridized carbons (Fsp3) is 0.619. The van der Waals surface area contributed by atoms with Crippen LogP contribution in [0.1, 0.15) is 39.0 Å². The van der Waals surface area contributed by atoms with Crippen molar-refractivity contribution in [3.8, 4) is 6.07 Å². The van der Waals surface area contributed by atoms with Crippen LogP contribution in [0.5, 0.6) is 0 Å². The van der Waals surface area contributed by atoms with Crippen molar-refractivity contribution < 1.29 is 13.2 Å². The molecule has 3 fully saturated rings. The van der Waals surface area contributed by atoms with Crippen molar-refractivity contribution in [2.75, 3.05) is 13.1 Å². The van der Waals surface area contributed by atoms with E-state index < -0.39 is 21.5 Å². The number of carbonyl (C=O) groups is 1. The van der Waals surface area contributed by atoms with Crippen LogP contribution in [0.25, 0.3) is 0 Å². The van der Waals surface area contributed by atoms with E-state index in [0.29, 0.717) is 38.3 Å². The Labute approximate surface area is 172 Å². The van der Waals surface area contributed by atoms with Crippen molar-refractivity contribution in [3.05, 3.63) is 30.3 Å². The van der Waals surface area contributed by atoms with Gasteiger partial charge in [-0.15, -0.1) is 0 Å². The standard InChI is InChI=1S/C21H28N4O3S/c1-2-21(19(23)20(26)25-16(14-22)12-15-13-18(15)25)8-10-24(11-9-21)29(27,28)17-6-4-3-5-7-17/h3-7,15-16,18-19H,2,8-13,23H2,1H3/t15-,16+,18+,19-/m1/s1. The molecule has 1 saturated carbocycles. The molecule has 3 aliphatic rings. The summed E-state index contributed by atoms with van der Waals surface area (Å²) < 4.78 is 27.3. The maximum absolute atomic E-state index is 13.2. The minimum absolute atomic E-state index is 0.136. The van der Waals surface area contributed by atoms with Gasteiger partial charge in [-0.3, -0.25) is 4.79 Å². The number of hydrogen-bond acceptors (Lipinski definition) is 5. The summed E-state index contributed by atoms with van der Waals surface area (Å²) in [6, 6.07) is 9.78. The second-order valence-electron chi connectivity index (χ2n) is 8.60. The molecule has 8 heteroatoms. The Morgan fingerprint density at radius 2 is 1.93 bits per heavy atom. The zero-order chi connectivity index (χ0) is 20.8. The number of sulfonamides is 1. The number of amides is 1. The number of hydrogen-bond donors (Lipinski definition) is 1. The third-order valence-electron chi connectivity index (χ3n) is 7.24. The average molecular weight is 417 g/mol. The number of fused-ring (bicyclic) bond motifs is 1. The molecular formula is C21H28N4O3S. The highest BCUT2D eigenvalue weighted by Crippen LogP contribution is 2.49. The summed E-state index contributed by atoms with van der Waals surface area (Å²) in [5.41, 5.74) is 6.07. The van der Waals surface area contributed by atoms with Gasteiger partial charge in [-0.2, -0.15) is 9.57 Å². The van der Waals surface area contributed by atoms with Crippen molar-refractivity contribution in [2.24, 2.45) is 17.1 Å². The van der Waals surface area contributed by atoms with Gasteiger partial charge in [0.1, 0.15) is 6.04 Å². The van der Waals surface area contributed by atoms with Gasteiger partial charge in [0.05, 0.1) is 17.0 Å². The van der Waals surface area contributed by atoms with Crippen LogP contribution in [-0.2, 0) is 14.8 Å². The Morgan fingerprint density at radius 3 is 2.52 bits per heavy atom. The van der Waals surface area contributed by atoms with Gasteiger partial charge in [0.15, 0.2) is 0 Å². The predicted molar refractivity (Wildman–Crippen MR) is 108 cm³/mol. The number of rotatable bonds is 5. The number of nitriles is 1. The molecule has 0 aromatic heterocycles. The van der Waals surface area contributed by atoms with Gasteiger partial charge in [0, 0.05) is 19.1 Å². The highest BCUT2D eigenvalue weighted by molar-refractivity contribution is 7.89. The Kier molecular flexibility index (Phi) is 5.18. The SMILES string of the molecule is CCC1([C@H](N)C(=O)N2[C@H](C#N)C[C@@H]3C[C@@H]32)CCN(S(=O)(=O)c2ccccc2)CC1. The topological polar surface area (TPSA) is 108 Å². The summed E-state index contributed by atoms with van der Waals surface area (Å²) in [7, 11) is -3.54. The van der Waals surface area contributed by atoms with Crippen LogP contribution in [0.3, 0.4) is 0 Å². The molecule has 1 aromatic carbocycles. The third kappa shape index (κ3) is 3.35. The molecule has 2 aliphatic heterocycles. The summed E-state index contributed by atoms with van der Waals surface area (Å²) in [4.78, 5) is 15.2. The molecule has 1 aliphatic carbocycles. The van der Waals surface area contributed by atoms with Gasteiger partial charge in [0.2, 0.25) is 15.9 Å². The molecule has 4 rings (SSSR count). The summed E-state index contributed by atoms with van der Waals surface area (Å²) in [5, 5.41) is 9.41. The predicted octanol–water partition coefficient (Wildman–Crippen LogP) is 1.71. The van der Waals surface area contributed by atoms with Crippen LogP contribution in [0.15, 0.2) is 35.2 Å². The van der Waals surface area contributed by atoms with Crippen molar-refractivity contribution in [1.82, 2.24) is 9.21 Å². The van der Waals surface area contributed by atoms with E-state index in [2.05, 4.69) is 6.07 Å². The first-order valence-electron chi connectivity index (χ1n) is 10.4. The lowest BCUT2D eigenvalue weighted by molar-refractivity contribution is -0.137. The first-order chi connectivity index (χ1) is 13.8. The monoisotopic (exact) mass is 416 g/mol. The van der Waals surface area contributed by atoms with E-state index in [9.17, 15) is 18.5 Å². The fourth-order valence-electron chi connectivity index (χ4n) is 5.11. The molecule has 2 saturated heterocycles. The normalized spacial score (nSPS) is 29.7. The zero-order valence-corrected chi connectivity index (χ0v) is 17.5.